The number of aliphatic hydroxyl groups excluding tert-OH is 5. The molecule has 16 heavy (non-hydrogen) atoms. The molecule has 98 valence electrons. The Bertz CT molecular complexity index is 195. The van der Waals surface area contributed by atoms with Crippen molar-refractivity contribution in [2.75, 3.05) is 13.2 Å². The van der Waals surface area contributed by atoms with Crippen molar-refractivity contribution in [3.8, 4) is 0 Å². The molecule has 0 heterocycles. The largest absolute Gasteiger partial charge is 0.671 e. The van der Waals surface area contributed by atoms with Gasteiger partial charge in [-0.25, -0.2) is 0 Å². The maximum absolute atomic E-state index is 9.20. The second-order valence-corrected chi connectivity index (χ2v) is 4.62. The molecule has 0 aromatic rings. The Labute approximate surface area is 91.9 Å². The molecular formula is C6H16O9Si. The van der Waals surface area contributed by atoms with E-state index >= 15 is 0 Å². The normalized spacial score (nSPS) is 20.2. The molecule has 0 aromatic carbocycles. The molecule has 0 amide bonds. The summed E-state index contributed by atoms with van der Waals surface area (Å²) in [7, 11) is -4.80. The maximum Gasteiger partial charge on any atom is 0.671 e. The first-order valence-electron chi connectivity index (χ1n) is 4.33. The molecule has 0 saturated heterocycles. The summed E-state index contributed by atoms with van der Waals surface area (Å²) in [5.41, 5.74) is 0. The van der Waals surface area contributed by atoms with Crippen molar-refractivity contribution in [2.24, 2.45) is 0 Å². The van der Waals surface area contributed by atoms with Gasteiger partial charge in [0.25, 0.3) is 0 Å². The van der Waals surface area contributed by atoms with Crippen molar-refractivity contribution in [1.29, 1.82) is 0 Å². The molecule has 4 atom stereocenters. The second-order valence-electron chi connectivity index (χ2n) is 3.18. The fraction of sp³-hybridized carbons (Fsp3) is 1.00. The smallest absolute Gasteiger partial charge is 0.394 e. The van der Waals surface area contributed by atoms with Crippen LogP contribution in [0.5, 0.6) is 0 Å². The average molecular weight is 260 g/mol. The Kier molecular flexibility index (Phi) is 6.50. The monoisotopic (exact) mass is 260 g/mol. The van der Waals surface area contributed by atoms with Gasteiger partial charge in [-0.1, -0.05) is 0 Å². The molecule has 0 aliphatic heterocycles. The molecule has 0 aromatic heterocycles. The van der Waals surface area contributed by atoms with Crippen LogP contribution in [-0.4, -0.2) is 86.6 Å². The third-order valence-electron chi connectivity index (χ3n) is 1.77. The molecule has 0 radical (unpaired) electrons. The van der Waals surface area contributed by atoms with Gasteiger partial charge in [0.2, 0.25) is 0 Å². The van der Waals surface area contributed by atoms with E-state index in [0.29, 0.717) is 0 Å². The zero-order valence-electron chi connectivity index (χ0n) is 8.21. The molecule has 10 heteroatoms. The lowest BCUT2D eigenvalue weighted by molar-refractivity contribution is -0.127. The Morgan fingerprint density at radius 3 is 1.69 bits per heavy atom. The van der Waals surface area contributed by atoms with E-state index in [1.807, 2.05) is 0 Å². The molecule has 0 aliphatic carbocycles. The van der Waals surface area contributed by atoms with E-state index in [0.717, 1.165) is 0 Å². The highest BCUT2D eigenvalue weighted by Crippen LogP contribution is 2.06. The van der Waals surface area contributed by atoms with Crippen LogP contribution in [0.1, 0.15) is 0 Å². The van der Waals surface area contributed by atoms with E-state index in [1.54, 1.807) is 0 Å². The van der Waals surface area contributed by atoms with E-state index in [-0.39, 0.29) is 0 Å². The number of aliphatic hydroxyl groups is 5. The quantitative estimate of drug-likeness (QED) is 0.208. The minimum Gasteiger partial charge on any atom is -0.394 e. The zero-order valence-corrected chi connectivity index (χ0v) is 9.21. The van der Waals surface area contributed by atoms with Crippen LogP contribution in [0, 0.1) is 0 Å². The Morgan fingerprint density at radius 2 is 1.31 bits per heavy atom. The molecule has 0 fully saturated rings. The molecule has 0 unspecified atom stereocenters. The van der Waals surface area contributed by atoms with Crippen molar-refractivity contribution in [2.45, 2.75) is 24.4 Å². The SMILES string of the molecule is OC[C@@H](O)[C@@H](O)[C@H](O)[C@H](O)CO[Si](O)(O)O. The first-order valence-corrected chi connectivity index (χ1v) is 6.08. The van der Waals surface area contributed by atoms with E-state index in [2.05, 4.69) is 4.43 Å². The van der Waals surface area contributed by atoms with Gasteiger partial charge >= 0.3 is 9.05 Å². The molecule has 0 saturated carbocycles. The Morgan fingerprint density at radius 1 is 0.875 bits per heavy atom. The zero-order chi connectivity index (χ0) is 12.9. The van der Waals surface area contributed by atoms with Crippen molar-refractivity contribution < 1.29 is 44.3 Å². The van der Waals surface area contributed by atoms with Gasteiger partial charge in [0.15, 0.2) is 0 Å². The van der Waals surface area contributed by atoms with Gasteiger partial charge in [-0.3, -0.25) is 0 Å². The minimum atomic E-state index is -4.80. The average Bonchev–Trinajstić information content (AvgIpc) is 2.21. The predicted octanol–water partition coefficient (Wildman–Crippen LogP) is -5.15. The number of hydrogen-bond acceptors (Lipinski definition) is 9. The maximum atomic E-state index is 9.20. The topological polar surface area (TPSA) is 171 Å². The lowest BCUT2D eigenvalue weighted by atomic mass is 10.0. The molecule has 9 nitrogen and oxygen atoms in total. The highest BCUT2D eigenvalue weighted by molar-refractivity contribution is 6.48. The minimum absolute atomic E-state index is 0.829. The van der Waals surface area contributed by atoms with E-state index in [9.17, 15) is 5.11 Å². The van der Waals surface area contributed by atoms with Gasteiger partial charge in [-0.15, -0.1) is 0 Å². The fourth-order valence-corrected chi connectivity index (χ4v) is 1.25. The van der Waals surface area contributed by atoms with Crippen LogP contribution in [0.4, 0.5) is 0 Å². The molecule has 0 bridgehead atoms. The van der Waals surface area contributed by atoms with Crippen LogP contribution >= 0.6 is 0 Å². The van der Waals surface area contributed by atoms with Crippen LogP contribution < -0.4 is 0 Å². The summed E-state index contributed by atoms with van der Waals surface area (Å²) in [5, 5.41) is 44.9. The first-order chi connectivity index (χ1) is 7.19. The van der Waals surface area contributed by atoms with E-state index < -0.39 is 46.7 Å². The van der Waals surface area contributed by atoms with Crippen molar-refractivity contribution in [1.82, 2.24) is 0 Å². The summed E-state index contributed by atoms with van der Waals surface area (Å²) < 4.78 is 4.02. The molecule has 0 spiro atoms. The molecule has 0 rings (SSSR count). The third-order valence-corrected chi connectivity index (χ3v) is 2.33. The van der Waals surface area contributed by atoms with Gasteiger partial charge < -0.3 is 44.3 Å². The molecular weight excluding hydrogens is 244 g/mol. The third kappa shape index (κ3) is 5.81. The van der Waals surface area contributed by atoms with Gasteiger partial charge in [0.05, 0.1) is 13.2 Å². The van der Waals surface area contributed by atoms with Gasteiger partial charge in [-0.2, -0.15) is 0 Å². The molecule has 0 aliphatic rings. The summed E-state index contributed by atoms with van der Waals surface area (Å²) in [6.07, 6.45) is -7.15. The summed E-state index contributed by atoms with van der Waals surface area (Å²) >= 11 is 0. The van der Waals surface area contributed by atoms with Crippen LogP contribution in [-0.2, 0) is 4.43 Å². The first kappa shape index (κ1) is 15.9. The molecule has 8 N–H and O–H groups in total. The second kappa shape index (κ2) is 6.56. The van der Waals surface area contributed by atoms with E-state index in [4.69, 9.17) is 34.8 Å². The van der Waals surface area contributed by atoms with Gasteiger partial charge in [0, 0.05) is 0 Å². The fourth-order valence-electron chi connectivity index (χ4n) is 0.859. The van der Waals surface area contributed by atoms with Crippen LogP contribution in [0.15, 0.2) is 0 Å². The highest BCUT2D eigenvalue weighted by atomic mass is 28.4. The standard InChI is InChI=1S/C6H16O9Si/c7-1-3(8)5(10)6(11)4(9)2-15-16(12,13)14/h3-14H,1-2H2/t3-,4-,5-,6-/m1/s1. The predicted molar refractivity (Wildman–Crippen MR) is 49.5 cm³/mol. The Balaban J connectivity index is 4.12. The van der Waals surface area contributed by atoms with Crippen LogP contribution in [0.25, 0.3) is 0 Å². The number of rotatable bonds is 7. The van der Waals surface area contributed by atoms with Gasteiger partial charge in [0.1, 0.15) is 24.4 Å². The lowest BCUT2D eigenvalue weighted by Crippen LogP contribution is -2.49. The summed E-state index contributed by atoms with van der Waals surface area (Å²) in [6.45, 7) is -1.68. The van der Waals surface area contributed by atoms with Gasteiger partial charge in [-0.05, 0) is 0 Å². The summed E-state index contributed by atoms with van der Waals surface area (Å²) in [4.78, 5) is 25.3. The number of hydrogen-bond donors (Lipinski definition) is 8. The Hall–Kier alpha value is -0.143. The van der Waals surface area contributed by atoms with Crippen molar-refractivity contribution >= 4 is 9.05 Å². The van der Waals surface area contributed by atoms with E-state index in [1.165, 1.54) is 0 Å². The summed E-state index contributed by atoms with van der Waals surface area (Å²) in [5.74, 6) is 0. The van der Waals surface area contributed by atoms with Crippen molar-refractivity contribution in [3.63, 3.8) is 0 Å². The highest BCUT2D eigenvalue weighted by Gasteiger charge is 2.35. The summed E-state index contributed by atoms with van der Waals surface area (Å²) in [6, 6.07) is 0. The van der Waals surface area contributed by atoms with Crippen LogP contribution in [0.3, 0.4) is 0 Å². The van der Waals surface area contributed by atoms with Crippen molar-refractivity contribution in [3.05, 3.63) is 0 Å². The van der Waals surface area contributed by atoms with Crippen LogP contribution in [0.2, 0.25) is 0 Å². The lowest BCUT2D eigenvalue weighted by Gasteiger charge is -2.26.